The summed E-state index contributed by atoms with van der Waals surface area (Å²) in [5, 5.41) is 7.26. The van der Waals surface area contributed by atoms with Crippen LogP contribution in [0.4, 0.5) is 0 Å². The van der Waals surface area contributed by atoms with Crippen molar-refractivity contribution < 1.29 is 0 Å². The number of nitrogens with one attached hydrogen (secondary N) is 1. The number of rotatable bonds is 6. The molecule has 88 valence electrons. The first-order valence-electron chi connectivity index (χ1n) is 5.85. The second kappa shape index (κ2) is 6.08. The first-order chi connectivity index (χ1) is 7.09. The van der Waals surface area contributed by atoms with Crippen LogP contribution in [0.15, 0.2) is 0 Å². The second-order valence-corrected chi connectivity index (χ2v) is 4.61. The van der Waals surface area contributed by atoms with Gasteiger partial charge < -0.3 is 15.5 Å². The van der Waals surface area contributed by atoms with Crippen LogP contribution in [-0.2, 0) is 0 Å². The third kappa shape index (κ3) is 4.62. The summed E-state index contributed by atoms with van der Waals surface area (Å²) in [6.07, 6.45) is 3.38. The minimum absolute atomic E-state index is 0.288. The Kier molecular flexibility index (Phi) is 5.05. The number of amidine groups is 1. The van der Waals surface area contributed by atoms with Gasteiger partial charge in [-0.05, 0) is 39.9 Å². The quantitative estimate of drug-likeness (QED) is 0.504. The zero-order chi connectivity index (χ0) is 11.3. The Morgan fingerprint density at radius 3 is 2.60 bits per heavy atom. The van der Waals surface area contributed by atoms with Crippen molar-refractivity contribution in [3.63, 3.8) is 0 Å². The summed E-state index contributed by atoms with van der Waals surface area (Å²) in [6.45, 7) is 6.88. The molecule has 1 saturated heterocycles. The summed E-state index contributed by atoms with van der Waals surface area (Å²) in [5.74, 6) is 0.288. The molecule has 1 aliphatic rings. The van der Waals surface area contributed by atoms with Crippen molar-refractivity contribution in [1.29, 1.82) is 5.41 Å². The Balaban J connectivity index is 2.16. The largest absolute Gasteiger partial charge is 0.388 e. The van der Waals surface area contributed by atoms with Crippen molar-refractivity contribution in [1.82, 2.24) is 9.80 Å². The molecule has 4 nitrogen and oxygen atoms in total. The van der Waals surface area contributed by atoms with E-state index < -0.39 is 0 Å². The Morgan fingerprint density at radius 1 is 1.47 bits per heavy atom. The molecule has 1 fully saturated rings. The van der Waals surface area contributed by atoms with E-state index in [1.165, 1.54) is 25.9 Å². The van der Waals surface area contributed by atoms with Gasteiger partial charge in [0.25, 0.3) is 0 Å². The lowest BCUT2D eigenvalue weighted by molar-refractivity contribution is 0.218. The molecule has 15 heavy (non-hydrogen) atoms. The van der Waals surface area contributed by atoms with Crippen molar-refractivity contribution in [3.05, 3.63) is 0 Å². The maximum absolute atomic E-state index is 7.26. The number of nitrogens with two attached hydrogens (primary N) is 1. The Morgan fingerprint density at radius 2 is 2.07 bits per heavy atom. The lowest BCUT2D eigenvalue weighted by Crippen LogP contribution is -2.38. The van der Waals surface area contributed by atoms with Gasteiger partial charge in [0.1, 0.15) is 0 Å². The van der Waals surface area contributed by atoms with E-state index in [0.717, 1.165) is 13.1 Å². The molecular formula is C11H24N4. The fraction of sp³-hybridized carbons (Fsp3) is 0.909. The van der Waals surface area contributed by atoms with Gasteiger partial charge in [0, 0.05) is 25.6 Å². The van der Waals surface area contributed by atoms with Crippen LogP contribution in [-0.4, -0.2) is 54.9 Å². The van der Waals surface area contributed by atoms with Crippen molar-refractivity contribution in [3.8, 4) is 0 Å². The van der Waals surface area contributed by atoms with E-state index in [-0.39, 0.29) is 5.84 Å². The van der Waals surface area contributed by atoms with Gasteiger partial charge in [-0.3, -0.25) is 5.41 Å². The Bertz CT molecular complexity index is 199. The van der Waals surface area contributed by atoms with Crippen LogP contribution >= 0.6 is 0 Å². The number of hydrogen-bond acceptors (Lipinski definition) is 3. The van der Waals surface area contributed by atoms with Crippen LogP contribution in [0.3, 0.4) is 0 Å². The summed E-state index contributed by atoms with van der Waals surface area (Å²) < 4.78 is 0. The van der Waals surface area contributed by atoms with Crippen LogP contribution in [0.1, 0.15) is 26.2 Å². The van der Waals surface area contributed by atoms with Crippen LogP contribution in [0, 0.1) is 5.41 Å². The average Bonchev–Trinajstić information content (AvgIpc) is 2.65. The highest BCUT2D eigenvalue weighted by molar-refractivity contribution is 5.77. The van der Waals surface area contributed by atoms with E-state index in [2.05, 4.69) is 23.8 Å². The molecule has 1 rings (SSSR count). The van der Waals surface area contributed by atoms with Crippen molar-refractivity contribution in [2.24, 2.45) is 5.73 Å². The minimum Gasteiger partial charge on any atom is -0.388 e. The van der Waals surface area contributed by atoms with Gasteiger partial charge in [0.2, 0.25) is 0 Å². The molecule has 1 aliphatic heterocycles. The minimum atomic E-state index is 0.288. The average molecular weight is 212 g/mol. The van der Waals surface area contributed by atoms with Gasteiger partial charge in [-0.1, -0.05) is 0 Å². The van der Waals surface area contributed by atoms with E-state index in [4.69, 9.17) is 11.1 Å². The van der Waals surface area contributed by atoms with Crippen molar-refractivity contribution in [2.75, 3.05) is 33.2 Å². The molecule has 3 N–H and O–H groups in total. The molecule has 0 amide bonds. The highest BCUT2D eigenvalue weighted by atomic mass is 15.2. The van der Waals surface area contributed by atoms with Crippen molar-refractivity contribution >= 4 is 5.84 Å². The Labute approximate surface area is 92.9 Å². The monoisotopic (exact) mass is 212 g/mol. The van der Waals surface area contributed by atoms with Gasteiger partial charge in [-0.25, -0.2) is 0 Å². The van der Waals surface area contributed by atoms with Crippen LogP contribution in [0.25, 0.3) is 0 Å². The predicted octanol–water partition coefficient (Wildman–Crippen LogP) is 0.729. The summed E-state index contributed by atoms with van der Waals surface area (Å²) in [4.78, 5) is 4.80. The number of likely N-dealkylation sites (tertiary alicyclic amines) is 1. The second-order valence-electron chi connectivity index (χ2n) is 4.61. The van der Waals surface area contributed by atoms with Crippen LogP contribution in [0.5, 0.6) is 0 Å². The molecule has 1 heterocycles. The third-order valence-corrected chi connectivity index (χ3v) is 3.24. The number of hydrogen-bond donors (Lipinski definition) is 2. The maximum atomic E-state index is 7.26. The molecule has 0 radical (unpaired) electrons. The molecule has 0 aliphatic carbocycles. The predicted molar refractivity (Wildman–Crippen MR) is 64.3 cm³/mol. The van der Waals surface area contributed by atoms with E-state index in [1.54, 1.807) is 0 Å². The van der Waals surface area contributed by atoms with E-state index >= 15 is 0 Å². The standard InChI is InChI=1S/C11H24N4/c1-10(9-11(12)13)14(2)7-8-15-5-3-4-6-15/h10H,3-9H2,1-2H3,(H3,12,13). The van der Waals surface area contributed by atoms with Crippen molar-refractivity contribution in [2.45, 2.75) is 32.2 Å². The highest BCUT2D eigenvalue weighted by Gasteiger charge is 2.14. The smallest absolute Gasteiger partial charge is 0.0920 e. The molecule has 0 aromatic rings. The maximum Gasteiger partial charge on any atom is 0.0920 e. The van der Waals surface area contributed by atoms with Gasteiger partial charge >= 0.3 is 0 Å². The lowest BCUT2D eigenvalue weighted by Gasteiger charge is -2.26. The van der Waals surface area contributed by atoms with Gasteiger partial charge in [0.05, 0.1) is 5.84 Å². The summed E-state index contributed by atoms with van der Waals surface area (Å²) in [7, 11) is 2.11. The topological polar surface area (TPSA) is 56.4 Å². The summed E-state index contributed by atoms with van der Waals surface area (Å²) >= 11 is 0. The zero-order valence-electron chi connectivity index (χ0n) is 10.00. The summed E-state index contributed by atoms with van der Waals surface area (Å²) in [6, 6.07) is 0.380. The zero-order valence-corrected chi connectivity index (χ0v) is 10.00. The molecule has 0 aromatic carbocycles. The first kappa shape index (κ1) is 12.5. The fourth-order valence-corrected chi connectivity index (χ4v) is 2.00. The molecule has 0 aromatic heterocycles. The van der Waals surface area contributed by atoms with E-state index in [0.29, 0.717) is 12.5 Å². The fourth-order valence-electron chi connectivity index (χ4n) is 2.00. The molecule has 1 atom stereocenters. The third-order valence-electron chi connectivity index (χ3n) is 3.24. The van der Waals surface area contributed by atoms with Gasteiger partial charge in [0.15, 0.2) is 0 Å². The molecule has 4 heteroatoms. The van der Waals surface area contributed by atoms with E-state index in [1.807, 2.05) is 0 Å². The van der Waals surface area contributed by atoms with Crippen LogP contribution < -0.4 is 5.73 Å². The summed E-state index contributed by atoms with van der Waals surface area (Å²) in [5.41, 5.74) is 5.40. The lowest BCUT2D eigenvalue weighted by atomic mass is 10.2. The first-order valence-corrected chi connectivity index (χ1v) is 5.85. The SMILES string of the molecule is CC(CC(=N)N)N(C)CCN1CCCC1. The molecule has 1 unspecified atom stereocenters. The molecule has 0 saturated carbocycles. The Hall–Kier alpha value is -0.610. The van der Waals surface area contributed by atoms with E-state index in [9.17, 15) is 0 Å². The molecular weight excluding hydrogens is 188 g/mol. The molecule has 0 spiro atoms. The van der Waals surface area contributed by atoms with Crippen LogP contribution in [0.2, 0.25) is 0 Å². The number of nitrogens with zero attached hydrogens (tertiary/aromatic N) is 2. The van der Waals surface area contributed by atoms with Gasteiger partial charge in [-0.15, -0.1) is 0 Å². The molecule has 0 bridgehead atoms. The number of likely N-dealkylation sites (N-methyl/N-ethyl adjacent to an activating group) is 1. The normalized spacial score (nSPS) is 19.7. The van der Waals surface area contributed by atoms with Gasteiger partial charge in [-0.2, -0.15) is 0 Å². The highest BCUT2D eigenvalue weighted by Crippen LogP contribution is 2.07.